The Bertz CT molecular complexity index is 40.5. The second-order valence-electron chi connectivity index (χ2n) is 0.611. The molecule has 0 spiro atoms. The Balaban J connectivity index is 3.17. The molecule has 0 aromatic heterocycles. The first-order chi connectivity index (χ1) is 2.56. The van der Waals surface area contributed by atoms with Crippen molar-refractivity contribution in [2.24, 2.45) is 0 Å². The number of halogens is 4. The molecular formula is CH2ClF3S. The van der Waals surface area contributed by atoms with Crippen LogP contribution in [0.4, 0.5) is 11.7 Å². The van der Waals surface area contributed by atoms with Gasteiger partial charge in [0.25, 0.3) is 0 Å². The van der Waals surface area contributed by atoms with E-state index in [9.17, 15) is 11.7 Å². The lowest BCUT2D eigenvalue weighted by Gasteiger charge is -2.00. The van der Waals surface area contributed by atoms with Crippen LogP contribution < -0.4 is 0 Å². The van der Waals surface area contributed by atoms with Crippen molar-refractivity contribution in [3.63, 3.8) is 0 Å². The van der Waals surface area contributed by atoms with Crippen LogP contribution in [0.15, 0.2) is 0 Å². The normalized spacial score (nSPS) is 14.7. The number of rotatable bonds is 1. The van der Waals surface area contributed by atoms with E-state index in [4.69, 9.17) is 0 Å². The van der Waals surface area contributed by atoms with Crippen LogP contribution in [0.2, 0.25) is 0 Å². The SMILES string of the molecule is FS(F)(F)CCl. The fourth-order valence-electron chi connectivity index (χ4n) is 0. The molecule has 0 radical (unpaired) electrons. The molecule has 0 atom stereocenters. The second-order valence-corrected chi connectivity index (χ2v) is 2.49. The molecule has 0 N–H and O–H groups in total. The van der Waals surface area contributed by atoms with E-state index in [1.54, 1.807) is 0 Å². The zero-order valence-electron chi connectivity index (χ0n) is 2.63. The molecule has 0 rings (SSSR count). The molecule has 0 unspecified atom stereocenters. The molecule has 0 aliphatic rings. The van der Waals surface area contributed by atoms with Crippen molar-refractivity contribution in [3.05, 3.63) is 0 Å². The quantitative estimate of drug-likeness (QED) is 0.489. The second kappa shape index (κ2) is 1.93. The van der Waals surface area contributed by atoms with E-state index in [1.807, 2.05) is 0 Å². The van der Waals surface area contributed by atoms with Gasteiger partial charge in [0.2, 0.25) is 11.2 Å². The lowest BCUT2D eigenvalue weighted by molar-refractivity contribution is 0.644. The van der Waals surface area contributed by atoms with E-state index in [2.05, 4.69) is 11.6 Å². The maximum Gasteiger partial charge on any atom is 0.223 e. The molecule has 0 fully saturated rings. The molecular weight excluding hydrogens is 137 g/mol. The first kappa shape index (κ1) is 6.43. The van der Waals surface area contributed by atoms with Crippen LogP contribution in [0.25, 0.3) is 0 Å². The molecule has 5 heteroatoms. The third kappa shape index (κ3) is 4.43. The summed E-state index contributed by atoms with van der Waals surface area (Å²) < 4.78 is 32.2. The van der Waals surface area contributed by atoms with Crippen LogP contribution in [-0.4, -0.2) is 5.21 Å². The van der Waals surface area contributed by atoms with Crippen molar-refractivity contribution in [1.29, 1.82) is 0 Å². The molecule has 0 heterocycles. The summed E-state index contributed by atoms with van der Waals surface area (Å²) in [4.78, 5) is 0. The number of hydrogen-bond donors (Lipinski definition) is 0. The van der Waals surface area contributed by atoms with Crippen molar-refractivity contribution in [3.8, 4) is 0 Å². The summed E-state index contributed by atoms with van der Waals surface area (Å²) in [6.07, 6.45) is 0. The predicted molar refractivity (Wildman–Crippen MR) is 21.6 cm³/mol. The van der Waals surface area contributed by atoms with Crippen LogP contribution in [0.3, 0.4) is 0 Å². The van der Waals surface area contributed by atoms with Gasteiger partial charge in [-0.2, -0.15) is 0 Å². The van der Waals surface area contributed by atoms with Crippen LogP contribution in [0.1, 0.15) is 0 Å². The molecule has 0 aliphatic carbocycles. The highest BCUT2D eigenvalue weighted by Gasteiger charge is 2.17. The third-order valence-corrected chi connectivity index (χ3v) is 1.11. The van der Waals surface area contributed by atoms with Crippen LogP contribution in [0, 0.1) is 0 Å². The minimum atomic E-state index is -4.90. The van der Waals surface area contributed by atoms with Crippen molar-refractivity contribution in [2.45, 2.75) is 0 Å². The van der Waals surface area contributed by atoms with E-state index in [0.717, 1.165) is 0 Å². The molecule has 0 aliphatic heterocycles. The van der Waals surface area contributed by atoms with Crippen molar-refractivity contribution < 1.29 is 11.7 Å². The Morgan fingerprint density at radius 2 is 1.50 bits per heavy atom. The number of alkyl halides is 1. The van der Waals surface area contributed by atoms with Crippen molar-refractivity contribution in [1.82, 2.24) is 0 Å². The maximum atomic E-state index is 10.7. The van der Waals surface area contributed by atoms with Gasteiger partial charge in [-0.3, -0.25) is 0 Å². The third-order valence-electron chi connectivity index (χ3n) is 0.124. The van der Waals surface area contributed by atoms with E-state index in [-0.39, 0.29) is 0 Å². The molecule has 0 saturated carbocycles. The average Bonchev–Trinajstić information content (AvgIpc) is 1.35. The van der Waals surface area contributed by atoms with Crippen LogP contribution in [0.5, 0.6) is 0 Å². The molecule has 0 aromatic rings. The van der Waals surface area contributed by atoms with Gasteiger partial charge in [-0.05, 0) is 0 Å². The predicted octanol–water partition coefficient (Wildman–Crippen LogP) is 2.64. The zero-order chi connectivity index (χ0) is 5.21. The summed E-state index contributed by atoms with van der Waals surface area (Å²) in [6.45, 7) is 0. The van der Waals surface area contributed by atoms with Gasteiger partial charge in [-0.1, -0.05) is 0 Å². The van der Waals surface area contributed by atoms with Gasteiger partial charge in [0.15, 0.2) is 0 Å². The largest absolute Gasteiger partial charge is 0.223 e. The first-order valence-electron chi connectivity index (χ1n) is 1.02. The van der Waals surface area contributed by atoms with Crippen molar-refractivity contribution in [2.75, 3.05) is 5.21 Å². The summed E-state index contributed by atoms with van der Waals surface area (Å²) in [6, 6.07) is 0. The van der Waals surface area contributed by atoms with Gasteiger partial charge in [0, 0.05) is 0 Å². The first-order valence-corrected chi connectivity index (χ1v) is 3.06. The van der Waals surface area contributed by atoms with Crippen molar-refractivity contribution >= 4 is 22.8 Å². The maximum absolute atomic E-state index is 10.7. The summed E-state index contributed by atoms with van der Waals surface area (Å²) in [5.74, 6) is 0. The van der Waals surface area contributed by atoms with Crippen LogP contribution in [-0.2, 0) is 0 Å². The van der Waals surface area contributed by atoms with Gasteiger partial charge < -0.3 is 0 Å². The van der Waals surface area contributed by atoms with Gasteiger partial charge in [-0.25, -0.2) is 0 Å². The zero-order valence-corrected chi connectivity index (χ0v) is 4.20. The van der Waals surface area contributed by atoms with Gasteiger partial charge in [-0.15, -0.1) is 23.3 Å². The number of hydrogen-bond acceptors (Lipinski definition) is 0. The Hall–Kier alpha value is 0.430. The lowest BCUT2D eigenvalue weighted by Crippen LogP contribution is -1.70. The van der Waals surface area contributed by atoms with E-state index < -0.39 is 16.4 Å². The highest BCUT2D eigenvalue weighted by atomic mass is 35.5. The summed E-state index contributed by atoms with van der Waals surface area (Å²) in [5.41, 5.74) is 0. The fraction of sp³-hybridized carbons (Fsp3) is 1.00. The summed E-state index contributed by atoms with van der Waals surface area (Å²) >= 11 is -0.507. The average molecular weight is 139 g/mol. The minimum Gasteiger partial charge on any atom is -0.124 e. The molecule has 0 saturated heterocycles. The highest BCUT2D eigenvalue weighted by Crippen LogP contribution is 2.53. The molecule has 0 aromatic carbocycles. The van der Waals surface area contributed by atoms with E-state index in [1.165, 1.54) is 0 Å². The Morgan fingerprint density at radius 3 is 1.50 bits per heavy atom. The lowest BCUT2D eigenvalue weighted by atomic mass is 11.9. The minimum absolute atomic E-state index is 1.17. The standard InChI is InChI=1S/CH2ClF3S/c2-1-6(3,4)5/h1H2. The molecule has 0 nitrogen and oxygen atoms in total. The molecule has 6 heavy (non-hydrogen) atoms. The molecule has 0 amide bonds. The van der Waals surface area contributed by atoms with Gasteiger partial charge in [0.1, 0.15) is 5.21 Å². The molecule has 40 valence electrons. The topological polar surface area (TPSA) is 0 Å². The Kier molecular flexibility index (Phi) is 2.07. The highest BCUT2D eigenvalue weighted by molar-refractivity contribution is 8.21. The van der Waals surface area contributed by atoms with E-state index >= 15 is 0 Å². The fourth-order valence-corrected chi connectivity index (χ4v) is 0. The van der Waals surface area contributed by atoms with Gasteiger partial charge in [0.05, 0.1) is 0 Å². The smallest absolute Gasteiger partial charge is 0.124 e. The monoisotopic (exact) mass is 138 g/mol. The Morgan fingerprint density at radius 1 is 1.33 bits per heavy atom. The molecule has 0 bridgehead atoms. The summed E-state index contributed by atoms with van der Waals surface area (Å²) in [7, 11) is 0. The van der Waals surface area contributed by atoms with Gasteiger partial charge >= 0.3 is 0 Å². The Labute approximate surface area is 40.5 Å². The summed E-state index contributed by atoms with van der Waals surface area (Å²) in [5, 5.41) is -1.17. The van der Waals surface area contributed by atoms with Crippen LogP contribution >= 0.6 is 22.8 Å². The van der Waals surface area contributed by atoms with E-state index in [0.29, 0.717) is 0 Å².